The van der Waals surface area contributed by atoms with Gasteiger partial charge in [0.2, 0.25) is 0 Å². The van der Waals surface area contributed by atoms with Crippen LogP contribution < -0.4 is 9.63 Å². The van der Waals surface area contributed by atoms with Crippen LogP contribution in [-0.2, 0) is 0 Å². The molecule has 0 N–H and O–H groups in total. The Bertz CT molecular complexity index is 770. The van der Waals surface area contributed by atoms with Crippen molar-refractivity contribution in [3.63, 3.8) is 0 Å². The summed E-state index contributed by atoms with van der Waals surface area (Å²) in [5.41, 5.74) is 0.628. The normalized spacial score (nSPS) is 11.6. The average molecular weight is 442 g/mol. The van der Waals surface area contributed by atoms with E-state index in [4.69, 9.17) is 23.8 Å². The first kappa shape index (κ1) is 21.2. The van der Waals surface area contributed by atoms with Crippen LogP contribution in [0, 0.1) is 5.21 Å². The Morgan fingerprint density at radius 1 is 1.50 bits per heavy atom. The quantitative estimate of drug-likeness (QED) is 0.263. The van der Waals surface area contributed by atoms with E-state index in [0.717, 1.165) is 11.8 Å². The van der Waals surface area contributed by atoms with E-state index in [2.05, 4.69) is 4.98 Å². The summed E-state index contributed by atoms with van der Waals surface area (Å²) in [5.74, 6) is -0.622. The molecule has 0 radical (unpaired) electrons. The van der Waals surface area contributed by atoms with Crippen molar-refractivity contribution in [2.75, 3.05) is 23.0 Å². The smallest absolute Gasteiger partial charge is 0.397 e. The highest BCUT2D eigenvalue weighted by Crippen LogP contribution is 2.37. The van der Waals surface area contributed by atoms with Crippen molar-refractivity contribution in [3.8, 4) is 10.6 Å². The van der Waals surface area contributed by atoms with Crippen molar-refractivity contribution in [1.82, 2.24) is 4.98 Å². The maximum absolute atomic E-state index is 12.2. The first-order valence-electron chi connectivity index (χ1n) is 7.51. The monoisotopic (exact) mass is 441 g/mol. The highest BCUT2D eigenvalue weighted by Gasteiger charge is 2.27. The fraction of sp³-hybridized carbons (Fsp3) is 0.400. The predicted molar refractivity (Wildman–Crippen MR) is 105 cm³/mol. The predicted octanol–water partition coefficient (Wildman–Crippen LogP) is 4.94. The molecular formula is C15H15ClF3N3OS3. The summed E-state index contributed by atoms with van der Waals surface area (Å²) in [6, 6.07) is 3.35. The Balaban J connectivity index is 2.08. The number of anilines is 1. The summed E-state index contributed by atoms with van der Waals surface area (Å²) in [6.07, 6.45) is -1.09. The molecule has 4 nitrogen and oxygen atoms in total. The van der Waals surface area contributed by atoms with Gasteiger partial charge in [0.1, 0.15) is 10.0 Å². The molecule has 0 saturated carbocycles. The molecule has 0 aliphatic carbocycles. The molecule has 0 spiro atoms. The number of hydrogen-bond donors (Lipinski definition) is 0. The van der Waals surface area contributed by atoms with Crippen LogP contribution in [0.2, 0.25) is 5.15 Å². The van der Waals surface area contributed by atoms with Crippen LogP contribution in [0.25, 0.3) is 10.6 Å². The van der Waals surface area contributed by atoms with Crippen LogP contribution in [0.15, 0.2) is 24.5 Å². The van der Waals surface area contributed by atoms with Crippen molar-refractivity contribution < 1.29 is 17.9 Å². The van der Waals surface area contributed by atoms with E-state index in [1.54, 1.807) is 17.0 Å². The Morgan fingerprint density at radius 2 is 2.23 bits per heavy atom. The van der Waals surface area contributed by atoms with Crippen molar-refractivity contribution in [2.45, 2.75) is 19.5 Å². The molecule has 0 saturated heterocycles. The van der Waals surface area contributed by atoms with Gasteiger partial charge in [-0.3, -0.25) is 0 Å². The number of rotatable bonds is 7. The highest BCUT2D eigenvalue weighted by atomic mass is 35.5. The Labute approximate surface area is 167 Å². The first-order chi connectivity index (χ1) is 12.2. The summed E-state index contributed by atoms with van der Waals surface area (Å²) < 4.78 is 37.3. The molecule has 2 rings (SSSR count). The lowest BCUT2D eigenvalue weighted by Crippen LogP contribution is -2.29. The molecule has 0 atom stereocenters. The fourth-order valence-electron chi connectivity index (χ4n) is 2.08. The van der Waals surface area contributed by atoms with E-state index >= 15 is 0 Å². The van der Waals surface area contributed by atoms with E-state index in [1.807, 2.05) is 6.92 Å². The van der Waals surface area contributed by atoms with Crippen LogP contribution in [0.5, 0.6) is 0 Å². The Hall–Kier alpha value is -1.10. The average Bonchev–Trinajstić information content (AvgIpc) is 2.93. The zero-order valence-electron chi connectivity index (χ0n) is 13.6. The molecule has 0 unspecified atom stereocenters. The zero-order chi connectivity index (χ0) is 19.3. The van der Waals surface area contributed by atoms with Gasteiger partial charge in [-0.15, -0.1) is 0 Å². The number of thiocarbonyl (C=S) groups is 1. The number of hydrogen-bond acceptors (Lipinski definition) is 5. The van der Waals surface area contributed by atoms with Gasteiger partial charge in [0.05, 0.1) is 16.3 Å². The van der Waals surface area contributed by atoms with E-state index in [9.17, 15) is 18.4 Å². The third-order valence-electron chi connectivity index (χ3n) is 3.18. The maximum atomic E-state index is 12.2. The van der Waals surface area contributed by atoms with Crippen LogP contribution >= 0.6 is 46.9 Å². The van der Waals surface area contributed by atoms with Crippen LogP contribution in [0.3, 0.4) is 0 Å². The molecule has 2 aromatic heterocycles. The van der Waals surface area contributed by atoms with Gasteiger partial charge < -0.3 is 10.1 Å². The van der Waals surface area contributed by atoms with Gasteiger partial charge in [-0.1, -0.05) is 35.2 Å². The third-order valence-corrected chi connectivity index (χ3v) is 6.13. The summed E-state index contributed by atoms with van der Waals surface area (Å²) in [5, 5.41) is 12.9. The Kier molecular flexibility index (Phi) is 7.51. The molecule has 0 aromatic carbocycles. The summed E-state index contributed by atoms with van der Waals surface area (Å²) in [6.45, 7) is 2.39. The van der Waals surface area contributed by atoms with Crippen LogP contribution in [0.1, 0.15) is 13.3 Å². The van der Waals surface area contributed by atoms with Crippen LogP contribution in [-0.4, -0.2) is 34.2 Å². The summed E-state index contributed by atoms with van der Waals surface area (Å²) in [4.78, 5) is 6.55. The lowest BCUT2D eigenvalue weighted by atomic mass is 10.3. The second-order valence-corrected chi connectivity index (χ2v) is 8.04. The molecule has 2 heterocycles. The molecule has 0 bridgehead atoms. The molecule has 0 aliphatic heterocycles. The van der Waals surface area contributed by atoms with Gasteiger partial charge in [0.25, 0.3) is 0 Å². The molecule has 0 aliphatic rings. The summed E-state index contributed by atoms with van der Waals surface area (Å²) >= 11 is 13.7. The fourth-order valence-corrected chi connectivity index (χ4v) is 4.69. The minimum Gasteiger partial charge on any atom is -0.619 e. The van der Waals surface area contributed by atoms with Gasteiger partial charge in [-0.05, 0) is 18.7 Å². The lowest BCUT2D eigenvalue weighted by molar-refractivity contribution is -0.604. The topological polar surface area (TPSA) is 43.1 Å². The number of thioether (sulfide) groups is 1. The number of nitrogens with zero attached hydrogens (tertiary/aromatic N) is 3. The van der Waals surface area contributed by atoms with Crippen molar-refractivity contribution in [3.05, 3.63) is 34.9 Å². The van der Waals surface area contributed by atoms with Gasteiger partial charge in [0.15, 0.2) is 17.5 Å². The van der Waals surface area contributed by atoms with Gasteiger partial charge in [-0.2, -0.15) is 29.7 Å². The maximum Gasteiger partial charge on any atom is 0.397 e. The number of halogens is 4. The zero-order valence-corrected chi connectivity index (χ0v) is 16.8. The summed E-state index contributed by atoms with van der Waals surface area (Å²) in [7, 11) is 0. The first-order valence-corrected chi connectivity index (χ1v) is 10.3. The van der Waals surface area contributed by atoms with Crippen molar-refractivity contribution >= 4 is 56.9 Å². The Morgan fingerprint density at radius 3 is 2.85 bits per heavy atom. The molecule has 142 valence electrons. The number of alkyl halides is 3. The minimum absolute atomic E-state index is 0.249. The second kappa shape index (κ2) is 9.20. The van der Waals surface area contributed by atoms with Gasteiger partial charge in [-0.25, -0.2) is 4.98 Å². The molecule has 0 amide bonds. The number of thiazole rings is 1. The molecule has 11 heteroatoms. The van der Waals surface area contributed by atoms with Crippen molar-refractivity contribution in [2.24, 2.45) is 0 Å². The largest absolute Gasteiger partial charge is 0.619 e. The molecular weight excluding hydrogens is 427 g/mol. The van der Waals surface area contributed by atoms with E-state index in [1.165, 1.54) is 23.7 Å². The molecule has 0 fully saturated rings. The van der Waals surface area contributed by atoms with Gasteiger partial charge in [0, 0.05) is 19.0 Å². The number of aromatic nitrogens is 2. The van der Waals surface area contributed by atoms with E-state index in [-0.39, 0.29) is 10.9 Å². The second-order valence-electron chi connectivity index (χ2n) is 5.12. The lowest BCUT2D eigenvalue weighted by Gasteiger charge is -2.22. The molecule has 26 heavy (non-hydrogen) atoms. The standard InChI is InChI=1S/C15H15ClF3N3OS3/c1-2-22(11(24)5-7-25-9-15(17,18)19)14-12(16)20-13(26-14)10-4-3-6-21(23)8-10/h3-4,6,8H,2,5,7,9H2,1H3. The minimum atomic E-state index is -4.18. The highest BCUT2D eigenvalue weighted by molar-refractivity contribution is 7.99. The van der Waals surface area contributed by atoms with Crippen molar-refractivity contribution in [1.29, 1.82) is 0 Å². The SMILES string of the molecule is CCN(C(=S)CCSCC(F)(F)F)c1sc(-c2ccc[n+]([O-])c2)nc1Cl. The third kappa shape index (κ3) is 5.97. The van der Waals surface area contributed by atoms with E-state index in [0.29, 0.717) is 38.3 Å². The number of pyridine rings is 1. The molecule has 2 aromatic rings. The van der Waals surface area contributed by atoms with E-state index < -0.39 is 11.9 Å². The van der Waals surface area contributed by atoms with Crippen LogP contribution in [0.4, 0.5) is 18.2 Å². The van der Waals surface area contributed by atoms with Gasteiger partial charge >= 0.3 is 6.18 Å².